The van der Waals surface area contributed by atoms with E-state index in [-0.39, 0.29) is 24.1 Å². The van der Waals surface area contributed by atoms with Crippen LogP contribution in [0.25, 0.3) is 0 Å². The summed E-state index contributed by atoms with van der Waals surface area (Å²) in [7, 11) is 0. The van der Waals surface area contributed by atoms with Gasteiger partial charge < -0.3 is 5.32 Å². The Morgan fingerprint density at radius 2 is 1.41 bits per heavy atom. The molecule has 1 amide bonds. The van der Waals surface area contributed by atoms with Gasteiger partial charge in [0.1, 0.15) is 11.6 Å². The first-order chi connectivity index (χ1) is 14.1. The highest BCUT2D eigenvalue weighted by molar-refractivity contribution is 5.79. The second-order valence-corrected chi connectivity index (χ2v) is 7.33. The third kappa shape index (κ3) is 4.69. The number of carbonyl (C=O) groups is 1. The first kappa shape index (κ1) is 19.3. The van der Waals surface area contributed by atoms with Crippen molar-refractivity contribution in [3.63, 3.8) is 0 Å². The largest absolute Gasteiger partial charge is 0.344 e. The maximum atomic E-state index is 13.4. The topological polar surface area (TPSA) is 32.3 Å². The molecule has 1 aliphatic heterocycles. The van der Waals surface area contributed by atoms with Crippen molar-refractivity contribution in [2.75, 3.05) is 13.1 Å². The van der Waals surface area contributed by atoms with Gasteiger partial charge in [0.05, 0.1) is 12.6 Å². The van der Waals surface area contributed by atoms with Crippen LogP contribution in [0, 0.1) is 11.6 Å². The number of hydrogen-bond donors (Lipinski definition) is 1. The van der Waals surface area contributed by atoms with Gasteiger partial charge in [0.25, 0.3) is 0 Å². The highest BCUT2D eigenvalue weighted by atomic mass is 19.1. The van der Waals surface area contributed by atoms with E-state index in [9.17, 15) is 13.6 Å². The number of nitrogens with one attached hydrogen (secondary N) is 1. The van der Waals surface area contributed by atoms with Crippen LogP contribution in [0.15, 0.2) is 72.8 Å². The van der Waals surface area contributed by atoms with Gasteiger partial charge in [-0.25, -0.2) is 8.78 Å². The number of rotatable bonds is 5. The van der Waals surface area contributed by atoms with E-state index in [2.05, 4.69) is 22.3 Å². The van der Waals surface area contributed by atoms with Crippen molar-refractivity contribution in [3.8, 4) is 0 Å². The van der Waals surface area contributed by atoms with Crippen molar-refractivity contribution < 1.29 is 13.6 Å². The minimum atomic E-state index is -0.472. The van der Waals surface area contributed by atoms with E-state index in [1.54, 1.807) is 24.3 Å². The van der Waals surface area contributed by atoms with Crippen molar-refractivity contribution in [3.05, 3.63) is 107 Å². The predicted octanol–water partition coefficient (Wildman–Crippen LogP) is 4.23. The van der Waals surface area contributed by atoms with E-state index in [4.69, 9.17) is 0 Å². The molecule has 0 unspecified atom stereocenters. The molecule has 4 rings (SSSR count). The average Bonchev–Trinajstić information content (AvgIpc) is 2.73. The summed E-state index contributed by atoms with van der Waals surface area (Å²) in [6.07, 6.45) is 0.919. The summed E-state index contributed by atoms with van der Waals surface area (Å²) >= 11 is 0. The Bertz CT molecular complexity index is 941. The second-order valence-electron chi connectivity index (χ2n) is 7.33. The highest BCUT2D eigenvalue weighted by Gasteiger charge is 2.21. The van der Waals surface area contributed by atoms with Crippen molar-refractivity contribution in [1.29, 1.82) is 0 Å². The molecule has 0 aromatic heterocycles. The molecule has 0 saturated carbocycles. The van der Waals surface area contributed by atoms with Crippen LogP contribution >= 0.6 is 0 Å². The molecule has 29 heavy (non-hydrogen) atoms. The number of hydrogen-bond acceptors (Lipinski definition) is 2. The first-order valence-corrected chi connectivity index (χ1v) is 9.68. The lowest BCUT2D eigenvalue weighted by Gasteiger charge is -2.29. The molecule has 1 aliphatic rings. The fourth-order valence-corrected chi connectivity index (χ4v) is 3.77. The molecular formula is C24H22F2N2O. The van der Waals surface area contributed by atoms with Crippen molar-refractivity contribution in [1.82, 2.24) is 10.2 Å². The molecular weight excluding hydrogens is 370 g/mol. The Hall–Kier alpha value is -3.05. The molecule has 3 aromatic rings. The van der Waals surface area contributed by atoms with Crippen molar-refractivity contribution >= 4 is 5.91 Å². The lowest BCUT2D eigenvalue weighted by atomic mass is 9.98. The summed E-state index contributed by atoms with van der Waals surface area (Å²) in [6, 6.07) is 19.8. The van der Waals surface area contributed by atoms with E-state index in [1.165, 1.54) is 35.4 Å². The minimum Gasteiger partial charge on any atom is -0.344 e. The Labute approximate surface area is 169 Å². The van der Waals surface area contributed by atoms with Crippen LogP contribution in [0.2, 0.25) is 0 Å². The highest BCUT2D eigenvalue weighted by Crippen LogP contribution is 2.23. The Balaban J connectivity index is 1.49. The second kappa shape index (κ2) is 8.53. The summed E-state index contributed by atoms with van der Waals surface area (Å²) in [6.45, 7) is 1.83. The van der Waals surface area contributed by atoms with Gasteiger partial charge in [0.15, 0.2) is 0 Å². The zero-order valence-corrected chi connectivity index (χ0v) is 15.9. The molecule has 1 heterocycles. The van der Waals surface area contributed by atoms with E-state index < -0.39 is 6.04 Å². The van der Waals surface area contributed by atoms with Crippen molar-refractivity contribution in [2.45, 2.75) is 19.0 Å². The third-order valence-corrected chi connectivity index (χ3v) is 5.29. The average molecular weight is 392 g/mol. The third-order valence-electron chi connectivity index (χ3n) is 5.29. The van der Waals surface area contributed by atoms with E-state index in [1.807, 2.05) is 12.1 Å². The molecule has 3 aromatic carbocycles. The molecule has 0 aliphatic carbocycles. The van der Waals surface area contributed by atoms with Crippen LogP contribution in [0.3, 0.4) is 0 Å². The maximum Gasteiger partial charge on any atom is 0.234 e. The summed E-state index contributed by atoms with van der Waals surface area (Å²) in [5.74, 6) is -0.808. The zero-order valence-electron chi connectivity index (χ0n) is 15.9. The lowest BCUT2D eigenvalue weighted by molar-refractivity contribution is -0.123. The number of nitrogens with zero attached hydrogens (tertiary/aromatic N) is 1. The van der Waals surface area contributed by atoms with Crippen LogP contribution < -0.4 is 5.32 Å². The Morgan fingerprint density at radius 3 is 2.00 bits per heavy atom. The fourth-order valence-electron chi connectivity index (χ4n) is 3.77. The smallest absolute Gasteiger partial charge is 0.234 e. The summed E-state index contributed by atoms with van der Waals surface area (Å²) < 4.78 is 26.7. The van der Waals surface area contributed by atoms with Gasteiger partial charge >= 0.3 is 0 Å². The summed E-state index contributed by atoms with van der Waals surface area (Å²) in [4.78, 5) is 14.9. The van der Waals surface area contributed by atoms with Crippen LogP contribution in [-0.4, -0.2) is 23.9 Å². The van der Waals surface area contributed by atoms with Gasteiger partial charge in [0, 0.05) is 13.1 Å². The molecule has 3 nitrogen and oxygen atoms in total. The standard InChI is InChI=1S/C24H22F2N2O/c25-21-9-5-18(6-10-21)24(19-7-11-22(26)12-8-19)27-23(29)16-28-14-13-17-3-1-2-4-20(17)15-28/h1-12,24H,13-16H2,(H,27,29). The van der Waals surface area contributed by atoms with Gasteiger partial charge in [-0.05, 0) is 52.9 Å². The minimum absolute atomic E-state index is 0.122. The van der Waals surface area contributed by atoms with Gasteiger partial charge in [-0.2, -0.15) is 0 Å². The molecule has 0 spiro atoms. The van der Waals surface area contributed by atoms with Crippen LogP contribution in [0.4, 0.5) is 8.78 Å². The number of carbonyl (C=O) groups excluding carboxylic acids is 1. The van der Waals surface area contributed by atoms with E-state index >= 15 is 0 Å². The van der Waals surface area contributed by atoms with Gasteiger partial charge in [-0.3, -0.25) is 9.69 Å². The normalized spacial score (nSPS) is 13.9. The Morgan fingerprint density at radius 1 is 0.862 bits per heavy atom. The number of halogens is 2. The maximum absolute atomic E-state index is 13.4. The molecule has 0 saturated heterocycles. The van der Waals surface area contributed by atoms with Gasteiger partial charge in [-0.1, -0.05) is 48.5 Å². The fraction of sp³-hybridized carbons (Fsp3) is 0.208. The quantitative estimate of drug-likeness (QED) is 0.705. The molecule has 0 atom stereocenters. The zero-order chi connectivity index (χ0) is 20.2. The monoisotopic (exact) mass is 392 g/mol. The van der Waals surface area contributed by atoms with Gasteiger partial charge in [0.2, 0.25) is 5.91 Å². The van der Waals surface area contributed by atoms with E-state index in [0.29, 0.717) is 0 Å². The SMILES string of the molecule is O=C(CN1CCc2ccccc2C1)NC(c1ccc(F)cc1)c1ccc(F)cc1. The summed E-state index contributed by atoms with van der Waals surface area (Å²) in [5, 5.41) is 3.03. The van der Waals surface area contributed by atoms with Crippen LogP contribution in [-0.2, 0) is 17.8 Å². The molecule has 148 valence electrons. The van der Waals surface area contributed by atoms with Crippen LogP contribution in [0.5, 0.6) is 0 Å². The lowest BCUT2D eigenvalue weighted by Crippen LogP contribution is -2.41. The molecule has 5 heteroatoms. The number of amides is 1. The van der Waals surface area contributed by atoms with Crippen molar-refractivity contribution in [2.24, 2.45) is 0 Å². The van der Waals surface area contributed by atoms with Gasteiger partial charge in [-0.15, -0.1) is 0 Å². The Kier molecular flexibility index (Phi) is 5.67. The summed E-state index contributed by atoms with van der Waals surface area (Å²) in [5.41, 5.74) is 4.07. The number of fused-ring (bicyclic) bond motifs is 1. The molecule has 0 radical (unpaired) electrons. The molecule has 0 fully saturated rings. The van der Waals surface area contributed by atoms with Crippen LogP contribution in [0.1, 0.15) is 28.3 Å². The first-order valence-electron chi connectivity index (χ1n) is 9.68. The molecule has 1 N–H and O–H groups in total. The molecule has 0 bridgehead atoms. The predicted molar refractivity (Wildman–Crippen MR) is 108 cm³/mol. The van der Waals surface area contributed by atoms with E-state index in [0.717, 1.165) is 30.6 Å². The number of benzene rings is 3.